The van der Waals surface area contributed by atoms with Crippen LogP contribution in [0, 0.1) is 11.3 Å². The zero-order chi connectivity index (χ0) is 9.14. The molecule has 0 aliphatic heterocycles. The van der Waals surface area contributed by atoms with Gasteiger partial charge in [0.1, 0.15) is 10.9 Å². The van der Waals surface area contributed by atoms with Crippen LogP contribution in [0.1, 0.15) is 14.5 Å². The molecule has 62 valence electrons. The number of hydrogen-bond acceptors (Lipinski definition) is 3. The van der Waals surface area contributed by atoms with Gasteiger partial charge in [-0.25, -0.2) is 8.78 Å². The van der Waals surface area contributed by atoms with Crippen molar-refractivity contribution in [3.05, 3.63) is 21.9 Å². The fourth-order valence-electron chi connectivity index (χ4n) is 0.638. The summed E-state index contributed by atoms with van der Waals surface area (Å²) >= 11 is 0.779. The van der Waals surface area contributed by atoms with E-state index in [1.54, 1.807) is 6.07 Å². The van der Waals surface area contributed by atoms with Crippen molar-refractivity contribution in [1.82, 2.24) is 0 Å². The molecule has 0 aromatic carbocycles. The van der Waals surface area contributed by atoms with Crippen LogP contribution in [0.5, 0.6) is 0 Å². The fraction of sp³-hybridized carbons (Fsp3) is 0.143. The van der Waals surface area contributed by atoms with E-state index in [9.17, 15) is 13.6 Å². The number of nitriles is 1. The molecule has 1 aromatic rings. The molecule has 12 heavy (non-hydrogen) atoms. The van der Waals surface area contributed by atoms with Gasteiger partial charge in [0.05, 0.1) is 4.88 Å². The number of ketones is 1. The second kappa shape index (κ2) is 3.41. The van der Waals surface area contributed by atoms with E-state index in [1.165, 1.54) is 12.1 Å². The van der Waals surface area contributed by atoms with Gasteiger partial charge in [-0.1, -0.05) is 0 Å². The molecule has 0 N–H and O–H groups in total. The smallest absolute Gasteiger partial charge is 0.287 e. The van der Waals surface area contributed by atoms with Crippen molar-refractivity contribution in [2.24, 2.45) is 0 Å². The summed E-state index contributed by atoms with van der Waals surface area (Å²) in [6.07, 6.45) is -2.99. The summed E-state index contributed by atoms with van der Waals surface area (Å²) in [7, 11) is 0. The highest BCUT2D eigenvalue weighted by atomic mass is 32.1. The standard InChI is InChI=1S/C7H3F2NOS/c8-7(9)6(11)5-2-1-4(3-10)12-5/h1-2,7H. The van der Waals surface area contributed by atoms with Gasteiger partial charge in [-0.05, 0) is 12.1 Å². The normalized spacial score (nSPS) is 9.83. The van der Waals surface area contributed by atoms with Crippen molar-refractivity contribution in [1.29, 1.82) is 5.26 Å². The fourth-order valence-corrected chi connectivity index (χ4v) is 1.38. The van der Waals surface area contributed by atoms with Crippen molar-refractivity contribution in [2.75, 3.05) is 0 Å². The number of halogens is 2. The third-order valence-electron chi connectivity index (χ3n) is 1.16. The van der Waals surface area contributed by atoms with E-state index in [-0.39, 0.29) is 9.75 Å². The quantitative estimate of drug-likeness (QED) is 0.665. The molecule has 1 aromatic heterocycles. The Hall–Kier alpha value is -1.28. The molecule has 0 amide bonds. The van der Waals surface area contributed by atoms with Crippen LogP contribution in [0.15, 0.2) is 12.1 Å². The number of carbonyl (C=O) groups excluding carboxylic acids is 1. The van der Waals surface area contributed by atoms with Gasteiger partial charge in [0.25, 0.3) is 0 Å². The summed E-state index contributed by atoms with van der Waals surface area (Å²) in [6, 6.07) is 4.34. The Labute approximate surface area is 71.1 Å². The third-order valence-corrected chi connectivity index (χ3v) is 2.16. The van der Waals surface area contributed by atoms with Gasteiger partial charge >= 0.3 is 6.43 Å². The monoisotopic (exact) mass is 187 g/mol. The van der Waals surface area contributed by atoms with Crippen LogP contribution in [0.4, 0.5) is 8.78 Å². The van der Waals surface area contributed by atoms with Gasteiger partial charge in [0.15, 0.2) is 0 Å². The number of rotatable bonds is 2. The van der Waals surface area contributed by atoms with Crippen LogP contribution in [0.3, 0.4) is 0 Å². The number of carbonyl (C=O) groups is 1. The second-order valence-corrected chi connectivity index (χ2v) is 3.02. The minimum absolute atomic E-state index is 0.0680. The lowest BCUT2D eigenvalue weighted by molar-refractivity contribution is 0.0683. The highest BCUT2D eigenvalue weighted by molar-refractivity contribution is 7.14. The Morgan fingerprint density at radius 1 is 1.58 bits per heavy atom. The van der Waals surface area contributed by atoms with Crippen LogP contribution in [-0.4, -0.2) is 12.2 Å². The molecular weight excluding hydrogens is 184 g/mol. The molecular formula is C7H3F2NOS. The first-order chi connectivity index (χ1) is 5.65. The lowest BCUT2D eigenvalue weighted by atomic mass is 10.3. The maximum Gasteiger partial charge on any atom is 0.301 e. The van der Waals surface area contributed by atoms with Gasteiger partial charge in [0, 0.05) is 0 Å². The highest BCUT2D eigenvalue weighted by Gasteiger charge is 2.19. The lowest BCUT2D eigenvalue weighted by Gasteiger charge is -1.91. The van der Waals surface area contributed by atoms with Crippen LogP contribution < -0.4 is 0 Å². The van der Waals surface area contributed by atoms with Gasteiger partial charge in [0.2, 0.25) is 5.78 Å². The van der Waals surface area contributed by atoms with Gasteiger partial charge in [-0.2, -0.15) is 5.26 Å². The molecule has 0 radical (unpaired) electrons. The first kappa shape index (κ1) is 8.81. The minimum atomic E-state index is -2.99. The maximum atomic E-state index is 11.8. The van der Waals surface area contributed by atoms with E-state index in [0.717, 1.165) is 11.3 Å². The van der Waals surface area contributed by atoms with E-state index < -0.39 is 12.2 Å². The maximum absolute atomic E-state index is 11.8. The Morgan fingerprint density at radius 3 is 2.67 bits per heavy atom. The van der Waals surface area contributed by atoms with Crippen LogP contribution in [0.25, 0.3) is 0 Å². The number of thiophene rings is 1. The van der Waals surface area contributed by atoms with Gasteiger partial charge in [-0.3, -0.25) is 4.79 Å². The third kappa shape index (κ3) is 1.66. The summed E-state index contributed by atoms with van der Waals surface area (Å²) in [4.78, 5) is 10.8. The predicted octanol–water partition coefficient (Wildman–Crippen LogP) is 2.07. The SMILES string of the molecule is N#Cc1ccc(C(=O)C(F)F)s1. The van der Waals surface area contributed by atoms with Gasteiger partial charge in [-0.15, -0.1) is 11.3 Å². The molecule has 0 saturated heterocycles. The Morgan fingerprint density at radius 2 is 2.25 bits per heavy atom. The molecule has 0 bridgehead atoms. The molecule has 0 spiro atoms. The topological polar surface area (TPSA) is 40.9 Å². The molecule has 0 aliphatic carbocycles. The van der Waals surface area contributed by atoms with Gasteiger partial charge < -0.3 is 0 Å². The Kier molecular flexibility index (Phi) is 2.51. The number of alkyl halides is 2. The average Bonchev–Trinajstić information content (AvgIpc) is 2.50. The second-order valence-electron chi connectivity index (χ2n) is 1.94. The molecule has 1 rings (SSSR count). The summed E-state index contributed by atoms with van der Waals surface area (Å²) < 4.78 is 23.6. The van der Waals surface area contributed by atoms with Crippen molar-refractivity contribution in [3.63, 3.8) is 0 Å². The summed E-state index contributed by atoms with van der Waals surface area (Å²) in [5, 5.41) is 8.33. The zero-order valence-corrected chi connectivity index (χ0v) is 6.57. The van der Waals surface area contributed by atoms with E-state index in [2.05, 4.69) is 0 Å². The van der Waals surface area contributed by atoms with Crippen molar-refractivity contribution >= 4 is 17.1 Å². The molecule has 0 unspecified atom stereocenters. The molecule has 0 aliphatic rings. The summed E-state index contributed by atoms with van der Waals surface area (Å²) in [5.74, 6) is -1.22. The highest BCUT2D eigenvalue weighted by Crippen LogP contribution is 2.18. The molecule has 2 nitrogen and oxygen atoms in total. The molecule has 1 heterocycles. The van der Waals surface area contributed by atoms with Crippen molar-refractivity contribution in [3.8, 4) is 6.07 Å². The van der Waals surface area contributed by atoms with Crippen LogP contribution in [0.2, 0.25) is 0 Å². The average molecular weight is 187 g/mol. The number of nitrogens with zero attached hydrogens (tertiary/aromatic N) is 1. The molecule has 0 atom stereocenters. The summed E-state index contributed by atoms with van der Waals surface area (Å²) in [5.41, 5.74) is 0. The minimum Gasteiger partial charge on any atom is -0.287 e. The lowest BCUT2D eigenvalue weighted by Crippen LogP contribution is -2.07. The van der Waals surface area contributed by atoms with Crippen LogP contribution in [-0.2, 0) is 0 Å². The van der Waals surface area contributed by atoms with Crippen molar-refractivity contribution < 1.29 is 13.6 Å². The van der Waals surface area contributed by atoms with E-state index in [4.69, 9.17) is 5.26 Å². The molecule has 0 fully saturated rings. The Bertz CT molecular complexity index is 339. The predicted molar refractivity (Wildman–Crippen MR) is 39.4 cm³/mol. The summed E-state index contributed by atoms with van der Waals surface area (Å²) in [6.45, 7) is 0. The number of Topliss-reactive ketones (excluding diaryl/α,β-unsaturated/α-hetero) is 1. The number of hydrogen-bond donors (Lipinski definition) is 0. The van der Waals surface area contributed by atoms with E-state index in [0.29, 0.717) is 0 Å². The first-order valence-electron chi connectivity index (χ1n) is 2.97. The Balaban J connectivity index is 2.91. The first-order valence-corrected chi connectivity index (χ1v) is 3.79. The van der Waals surface area contributed by atoms with E-state index in [1.807, 2.05) is 0 Å². The van der Waals surface area contributed by atoms with Crippen molar-refractivity contribution in [2.45, 2.75) is 6.43 Å². The van der Waals surface area contributed by atoms with E-state index >= 15 is 0 Å². The largest absolute Gasteiger partial charge is 0.301 e. The molecule has 5 heteroatoms. The molecule has 0 saturated carbocycles. The zero-order valence-electron chi connectivity index (χ0n) is 5.75. The van der Waals surface area contributed by atoms with Crippen LogP contribution >= 0.6 is 11.3 Å².